The lowest BCUT2D eigenvalue weighted by molar-refractivity contribution is 0.0754. The fourth-order valence-electron chi connectivity index (χ4n) is 6.42. The zero-order chi connectivity index (χ0) is 26.6. The Morgan fingerprint density at radius 2 is 1.69 bits per heavy atom. The number of pyridine rings is 1. The highest BCUT2D eigenvalue weighted by atomic mass is 16.5. The van der Waals surface area contributed by atoms with Crippen LogP contribution in [0.4, 0.5) is 11.4 Å². The first-order chi connectivity index (χ1) is 19.0. The molecule has 39 heavy (non-hydrogen) atoms. The van der Waals surface area contributed by atoms with E-state index in [0.717, 1.165) is 45.8 Å². The number of hydrogen-bond donors (Lipinski definition) is 0. The number of rotatable bonds is 5. The fraction of sp³-hybridized carbons (Fsp3) is 0.235. The highest BCUT2D eigenvalue weighted by Gasteiger charge is 2.60. The molecule has 0 fully saturated rings. The summed E-state index contributed by atoms with van der Waals surface area (Å²) < 4.78 is 13.4. The van der Waals surface area contributed by atoms with Gasteiger partial charge in [-0.3, -0.25) is 9.98 Å². The minimum absolute atomic E-state index is 0.409. The van der Waals surface area contributed by atoms with Crippen LogP contribution in [0.25, 0.3) is 21.7 Å². The second kappa shape index (κ2) is 8.84. The third kappa shape index (κ3) is 3.46. The molecule has 0 radical (unpaired) electrons. The van der Waals surface area contributed by atoms with Crippen LogP contribution in [0.2, 0.25) is 0 Å². The lowest BCUT2D eigenvalue weighted by atomic mass is 9.75. The summed E-state index contributed by atoms with van der Waals surface area (Å²) in [5, 5.41) is 3.49. The van der Waals surface area contributed by atoms with Gasteiger partial charge in [-0.1, -0.05) is 55.5 Å². The molecule has 0 saturated heterocycles. The van der Waals surface area contributed by atoms with E-state index in [9.17, 15) is 0 Å². The second-order valence-corrected chi connectivity index (χ2v) is 10.8. The van der Waals surface area contributed by atoms with Crippen LogP contribution in [0.1, 0.15) is 31.9 Å². The van der Waals surface area contributed by atoms with Gasteiger partial charge in [-0.05, 0) is 78.6 Å². The van der Waals surface area contributed by atoms with E-state index in [4.69, 9.17) is 14.5 Å². The Bertz CT molecular complexity index is 1740. The van der Waals surface area contributed by atoms with Crippen LogP contribution in [0.5, 0.6) is 11.5 Å². The van der Waals surface area contributed by atoms with Crippen molar-refractivity contribution in [2.75, 3.05) is 18.1 Å². The first-order valence-corrected chi connectivity index (χ1v) is 13.7. The smallest absolute Gasteiger partial charge is 0.229 e. The monoisotopic (exact) mass is 513 g/mol. The van der Waals surface area contributed by atoms with E-state index in [1.807, 2.05) is 48.8 Å². The highest BCUT2D eigenvalue weighted by Crippen LogP contribution is 2.56. The Hall–Kier alpha value is -4.38. The number of nitrogens with zero attached hydrogens (tertiary/aromatic N) is 3. The molecule has 7 rings (SSSR count). The molecule has 194 valence electrons. The predicted molar refractivity (Wildman–Crippen MR) is 159 cm³/mol. The van der Waals surface area contributed by atoms with Crippen molar-refractivity contribution in [2.24, 2.45) is 4.99 Å². The Kier molecular flexibility index (Phi) is 5.37. The Balaban J connectivity index is 1.38. The summed E-state index contributed by atoms with van der Waals surface area (Å²) in [5.74, 6) is 1.66. The lowest BCUT2D eigenvalue weighted by Crippen LogP contribution is -2.63. The van der Waals surface area contributed by atoms with E-state index >= 15 is 0 Å². The van der Waals surface area contributed by atoms with Crippen molar-refractivity contribution in [3.63, 3.8) is 0 Å². The van der Waals surface area contributed by atoms with Crippen molar-refractivity contribution >= 4 is 39.3 Å². The van der Waals surface area contributed by atoms with Crippen LogP contribution in [-0.2, 0) is 11.8 Å². The van der Waals surface area contributed by atoms with Crippen molar-refractivity contribution in [3.8, 4) is 11.5 Å². The van der Waals surface area contributed by atoms with E-state index in [2.05, 4.69) is 79.2 Å². The minimum atomic E-state index is -0.826. The highest BCUT2D eigenvalue weighted by molar-refractivity contribution is 6.02. The van der Waals surface area contributed by atoms with Gasteiger partial charge in [0.05, 0.1) is 23.7 Å². The van der Waals surface area contributed by atoms with Gasteiger partial charge in [0.2, 0.25) is 5.72 Å². The van der Waals surface area contributed by atoms with E-state index in [-0.39, 0.29) is 0 Å². The zero-order valence-electron chi connectivity index (χ0n) is 22.5. The van der Waals surface area contributed by atoms with Crippen molar-refractivity contribution in [2.45, 2.75) is 38.3 Å². The standard InChI is InChI=1S/C34H31N3O2/c1-4-23-21-29-32(27-15-10-18-35-31(23)27)36-22-34(39-29)33(2,3)30-26-14-9-8-11-24(26)16-17-28(30)37(34)19-20-38-25-12-6-5-7-13-25/h5-18,21-22H,4,19-20H2,1-3H3. The summed E-state index contributed by atoms with van der Waals surface area (Å²) in [4.78, 5) is 12.2. The average molecular weight is 514 g/mol. The van der Waals surface area contributed by atoms with Gasteiger partial charge in [-0.2, -0.15) is 0 Å². The molecule has 5 nitrogen and oxygen atoms in total. The van der Waals surface area contributed by atoms with Gasteiger partial charge in [-0.15, -0.1) is 0 Å². The molecular weight excluding hydrogens is 482 g/mol. The number of aryl methyl sites for hydroxylation is 1. The number of anilines is 1. The Morgan fingerprint density at radius 3 is 2.54 bits per heavy atom. The molecule has 0 aliphatic carbocycles. The van der Waals surface area contributed by atoms with E-state index in [1.165, 1.54) is 16.3 Å². The molecule has 0 bridgehead atoms. The van der Waals surface area contributed by atoms with Crippen LogP contribution in [0.3, 0.4) is 0 Å². The summed E-state index contributed by atoms with van der Waals surface area (Å²) in [6.07, 6.45) is 4.73. The molecule has 1 aromatic heterocycles. The van der Waals surface area contributed by atoms with Crippen molar-refractivity contribution in [3.05, 3.63) is 102 Å². The molecule has 1 unspecified atom stereocenters. The Labute approximate surface area is 228 Å². The van der Waals surface area contributed by atoms with Crippen LogP contribution >= 0.6 is 0 Å². The van der Waals surface area contributed by atoms with Crippen molar-refractivity contribution in [1.29, 1.82) is 0 Å². The molecule has 2 aliphatic heterocycles. The fourth-order valence-corrected chi connectivity index (χ4v) is 6.42. The average Bonchev–Trinajstić information content (AvgIpc) is 3.15. The molecular formula is C34H31N3O2. The van der Waals surface area contributed by atoms with Gasteiger partial charge in [0.15, 0.2) is 0 Å². The van der Waals surface area contributed by atoms with Gasteiger partial charge in [0.25, 0.3) is 0 Å². The number of ether oxygens (including phenoxy) is 2. The van der Waals surface area contributed by atoms with Gasteiger partial charge in [-0.25, -0.2) is 0 Å². The summed E-state index contributed by atoms with van der Waals surface area (Å²) in [6.45, 7) is 7.86. The summed E-state index contributed by atoms with van der Waals surface area (Å²) in [6, 6.07) is 29.2. The summed E-state index contributed by atoms with van der Waals surface area (Å²) in [7, 11) is 0. The molecule has 0 N–H and O–H groups in total. The molecule has 3 heterocycles. The van der Waals surface area contributed by atoms with Crippen molar-refractivity contribution in [1.82, 2.24) is 4.98 Å². The SMILES string of the molecule is CCc1cc2c(c3cccnc13)N=CC1(O2)N(CCOc2ccccc2)c2ccc3ccccc3c2C1(C)C. The summed E-state index contributed by atoms with van der Waals surface area (Å²) >= 11 is 0. The molecule has 2 aliphatic rings. The molecule has 0 amide bonds. The third-order valence-electron chi connectivity index (χ3n) is 8.37. The zero-order valence-corrected chi connectivity index (χ0v) is 22.5. The van der Waals surface area contributed by atoms with E-state index in [0.29, 0.717) is 13.2 Å². The van der Waals surface area contributed by atoms with Gasteiger partial charge < -0.3 is 14.4 Å². The maximum absolute atomic E-state index is 7.19. The number of fused-ring (bicyclic) bond motifs is 6. The maximum Gasteiger partial charge on any atom is 0.229 e. The number of para-hydroxylation sites is 1. The second-order valence-electron chi connectivity index (χ2n) is 10.8. The number of aromatic nitrogens is 1. The number of hydrogen-bond acceptors (Lipinski definition) is 5. The molecule has 4 aromatic carbocycles. The molecule has 0 saturated carbocycles. The van der Waals surface area contributed by atoms with Gasteiger partial charge >= 0.3 is 0 Å². The van der Waals surface area contributed by atoms with Crippen LogP contribution in [0, 0.1) is 0 Å². The van der Waals surface area contributed by atoms with E-state index < -0.39 is 11.1 Å². The maximum atomic E-state index is 7.19. The summed E-state index contributed by atoms with van der Waals surface area (Å²) in [5.41, 5.74) is 4.19. The van der Waals surface area contributed by atoms with Crippen LogP contribution in [-0.4, -0.2) is 30.1 Å². The quantitative estimate of drug-likeness (QED) is 0.243. The third-order valence-corrected chi connectivity index (χ3v) is 8.37. The minimum Gasteiger partial charge on any atom is -0.492 e. The Morgan fingerprint density at radius 1 is 0.897 bits per heavy atom. The van der Waals surface area contributed by atoms with Crippen LogP contribution < -0.4 is 14.4 Å². The van der Waals surface area contributed by atoms with Crippen LogP contribution in [0.15, 0.2) is 96.1 Å². The first kappa shape index (κ1) is 23.7. The molecule has 5 aromatic rings. The molecule has 1 spiro atoms. The molecule has 1 atom stereocenters. The lowest BCUT2D eigenvalue weighted by Gasteiger charge is -2.46. The predicted octanol–water partition coefficient (Wildman–Crippen LogP) is 7.62. The number of benzene rings is 4. The van der Waals surface area contributed by atoms with Crippen molar-refractivity contribution < 1.29 is 9.47 Å². The molecule has 5 heteroatoms. The van der Waals surface area contributed by atoms with E-state index in [1.54, 1.807) is 0 Å². The topological polar surface area (TPSA) is 47.0 Å². The largest absolute Gasteiger partial charge is 0.492 e. The normalized spacial score (nSPS) is 18.8. The first-order valence-electron chi connectivity index (χ1n) is 13.7. The van der Waals surface area contributed by atoms with Gasteiger partial charge in [0.1, 0.15) is 23.8 Å². The number of aliphatic imine (C=N–C) groups is 1. The van der Waals surface area contributed by atoms with Gasteiger partial charge in [0, 0.05) is 17.3 Å².